The Bertz CT molecular complexity index is 834. The maximum absolute atomic E-state index is 11.9. The summed E-state index contributed by atoms with van der Waals surface area (Å²) in [4.78, 5) is 25.7. The summed E-state index contributed by atoms with van der Waals surface area (Å²) in [5.74, 6) is 0.125. The third-order valence-electron chi connectivity index (χ3n) is 3.30. The molecule has 112 valence electrons. The van der Waals surface area contributed by atoms with Crippen LogP contribution in [0.4, 0.5) is 0 Å². The van der Waals surface area contributed by atoms with Gasteiger partial charge in [-0.25, -0.2) is 0 Å². The minimum absolute atomic E-state index is 0.0737. The number of nitrogens with zero attached hydrogens (tertiary/aromatic N) is 1. The van der Waals surface area contributed by atoms with Crippen LogP contribution in [-0.4, -0.2) is 11.0 Å². The average molecular weight is 296 g/mol. The third-order valence-corrected chi connectivity index (χ3v) is 3.30. The molecule has 1 aromatic heterocycles. The Balaban J connectivity index is 2.68. The van der Waals surface area contributed by atoms with E-state index in [9.17, 15) is 14.9 Å². The van der Waals surface area contributed by atoms with E-state index in [0.717, 1.165) is 16.7 Å². The molecular formula is C17H16N2O3. The number of aryl methyl sites for hydroxylation is 3. The molecule has 0 amide bonds. The first-order valence-electron chi connectivity index (χ1n) is 6.77. The maximum Gasteiger partial charge on any atom is 0.308 e. The van der Waals surface area contributed by atoms with E-state index in [4.69, 9.17) is 4.74 Å². The van der Waals surface area contributed by atoms with Gasteiger partial charge in [0.05, 0.1) is 0 Å². The molecule has 0 saturated carbocycles. The van der Waals surface area contributed by atoms with E-state index in [1.165, 1.54) is 6.92 Å². The molecule has 0 aliphatic heterocycles. The molecule has 0 bridgehead atoms. The molecule has 1 aromatic carbocycles. The molecule has 5 nitrogen and oxygen atoms in total. The highest BCUT2D eigenvalue weighted by atomic mass is 16.5. The van der Waals surface area contributed by atoms with Crippen LogP contribution >= 0.6 is 0 Å². The van der Waals surface area contributed by atoms with Crippen molar-refractivity contribution in [3.63, 3.8) is 0 Å². The number of hydrogen-bond donors (Lipinski definition) is 1. The fraction of sp³-hybridized carbons (Fsp3) is 0.235. The van der Waals surface area contributed by atoms with Crippen molar-refractivity contribution in [1.82, 2.24) is 4.98 Å². The van der Waals surface area contributed by atoms with Crippen molar-refractivity contribution in [1.29, 1.82) is 5.26 Å². The van der Waals surface area contributed by atoms with E-state index in [1.54, 1.807) is 25.1 Å². The molecule has 22 heavy (non-hydrogen) atoms. The zero-order valence-corrected chi connectivity index (χ0v) is 12.9. The number of aromatic amines is 1. The Kier molecular flexibility index (Phi) is 4.13. The van der Waals surface area contributed by atoms with Crippen LogP contribution in [0.25, 0.3) is 11.1 Å². The highest BCUT2D eigenvalue weighted by Gasteiger charge is 2.14. The van der Waals surface area contributed by atoms with Gasteiger partial charge in [-0.05, 0) is 55.7 Å². The number of benzene rings is 1. The van der Waals surface area contributed by atoms with Gasteiger partial charge >= 0.3 is 5.97 Å². The van der Waals surface area contributed by atoms with E-state index in [-0.39, 0.29) is 11.5 Å². The number of ether oxygens (including phenoxy) is 1. The Morgan fingerprint density at radius 2 is 1.77 bits per heavy atom. The standard InChI is InChI=1S/C17H16N2O3/c1-9-5-13(6-10(2)16(9)22-12(4)20)14-7-11(3)19-17(21)15(14)8-18/h5-7H,1-4H3,(H,19,21). The Morgan fingerprint density at radius 1 is 1.18 bits per heavy atom. The second-order valence-corrected chi connectivity index (χ2v) is 5.21. The molecule has 1 N–H and O–H groups in total. The van der Waals surface area contributed by atoms with E-state index in [0.29, 0.717) is 17.0 Å². The summed E-state index contributed by atoms with van der Waals surface area (Å²) in [6.07, 6.45) is 0. The summed E-state index contributed by atoms with van der Waals surface area (Å²) in [6.45, 7) is 6.75. The number of carbonyl (C=O) groups excluding carboxylic acids is 1. The third kappa shape index (κ3) is 2.91. The van der Waals surface area contributed by atoms with Gasteiger partial charge in [0.15, 0.2) is 0 Å². The van der Waals surface area contributed by atoms with Gasteiger partial charge < -0.3 is 9.72 Å². The van der Waals surface area contributed by atoms with Gasteiger partial charge in [-0.1, -0.05) is 0 Å². The molecule has 0 aliphatic carbocycles. The number of aromatic nitrogens is 1. The summed E-state index contributed by atoms with van der Waals surface area (Å²) < 4.78 is 5.20. The van der Waals surface area contributed by atoms with Gasteiger partial charge in [0.2, 0.25) is 0 Å². The zero-order chi connectivity index (χ0) is 16.4. The van der Waals surface area contributed by atoms with Crippen molar-refractivity contribution in [2.24, 2.45) is 0 Å². The summed E-state index contributed by atoms with van der Waals surface area (Å²) in [5.41, 5.74) is 3.21. The number of nitriles is 1. The first kappa shape index (κ1) is 15.5. The van der Waals surface area contributed by atoms with Crippen LogP contribution in [0.3, 0.4) is 0 Å². The van der Waals surface area contributed by atoms with Crippen LogP contribution in [0.2, 0.25) is 0 Å². The Hall–Kier alpha value is -2.87. The van der Waals surface area contributed by atoms with Gasteiger partial charge in [-0.3, -0.25) is 9.59 Å². The highest BCUT2D eigenvalue weighted by molar-refractivity contribution is 5.75. The molecule has 0 unspecified atom stereocenters. The first-order valence-corrected chi connectivity index (χ1v) is 6.77. The molecule has 0 aliphatic rings. The smallest absolute Gasteiger partial charge is 0.308 e. The number of H-pyrrole nitrogens is 1. The summed E-state index contributed by atoms with van der Waals surface area (Å²) in [5, 5.41) is 9.22. The molecular weight excluding hydrogens is 280 g/mol. The second-order valence-electron chi connectivity index (χ2n) is 5.21. The molecule has 0 atom stereocenters. The van der Waals surface area contributed by atoms with Gasteiger partial charge in [0.25, 0.3) is 5.56 Å². The number of nitrogens with one attached hydrogen (secondary N) is 1. The molecule has 0 fully saturated rings. The minimum Gasteiger partial charge on any atom is -0.426 e. The van der Waals surface area contributed by atoms with Gasteiger partial charge in [-0.15, -0.1) is 0 Å². The van der Waals surface area contributed by atoms with Crippen molar-refractivity contribution in [3.8, 4) is 22.9 Å². The lowest BCUT2D eigenvalue weighted by atomic mass is 9.97. The van der Waals surface area contributed by atoms with Gasteiger partial charge in [0, 0.05) is 18.2 Å². The van der Waals surface area contributed by atoms with E-state index >= 15 is 0 Å². The topological polar surface area (TPSA) is 83.0 Å². The SMILES string of the molecule is CC(=O)Oc1c(C)cc(-c2cc(C)[nH]c(=O)c2C#N)cc1C. The molecule has 2 rings (SSSR count). The largest absolute Gasteiger partial charge is 0.426 e. The lowest BCUT2D eigenvalue weighted by Crippen LogP contribution is -2.13. The monoisotopic (exact) mass is 296 g/mol. The van der Waals surface area contributed by atoms with Crippen LogP contribution in [0.5, 0.6) is 5.75 Å². The molecule has 0 radical (unpaired) electrons. The number of rotatable bonds is 2. The van der Waals surface area contributed by atoms with Crippen LogP contribution in [0.15, 0.2) is 23.0 Å². The Morgan fingerprint density at radius 3 is 2.27 bits per heavy atom. The second kappa shape index (κ2) is 5.86. The number of pyridine rings is 1. The van der Waals surface area contributed by atoms with Crippen LogP contribution in [-0.2, 0) is 4.79 Å². The number of hydrogen-bond acceptors (Lipinski definition) is 4. The maximum atomic E-state index is 11.9. The molecule has 0 spiro atoms. The normalized spacial score (nSPS) is 10.1. The fourth-order valence-corrected chi connectivity index (χ4v) is 2.44. The summed E-state index contributed by atoms with van der Waals surface area (Å²) >= 11 is 0. The van der Waals surface area contributed by atoms with Crippen molar-refractivity contribution in [2.45, 2.75) is 27.7 Å². The van der Waals surface area contributed by atoms with Crippen LogP contribution in [0.1, 0.15) is 29.3 Å². The lowest BCUT2D eigenvalue weighted by Gasteiger charge is -2.13. The lowest BCUT2D eigenvalue weighted by molar-refractivity contribution is -0.131. The number of esters is 1. The average Bonchev–Trinajstić information content (AvgIpc) is 2.41. The van der Waals surface area contributed by atoms with Crippen molar-refractivity contribution in [3.05, 3.63) is 50.9 Å². The predicted molar refractivity (Wildman–Crippen MR) is 82.7 cm³/mol. The summed E-state index contributed by atoms with van der Waals surface area (Å²) in [6, 6.07) is 7.32. The number of carbonyl (C=O) groups is 1. The van der Waals surface area contributed by atoms with E-state index < -0.39 is 5.56 Å². The highest BCUT2D eigenvalue weighted by Crippen LogP contribution is 2.31. The molecule has 1 heterocycles. The first-order chi connectivity index (χ1) is 10.3. The van der Waals surface area contributed by atoms with Crippen LogP contribution < -0.4 is 10.3 Å². The van der Waals surface area contributed by atoms with Gasteiger partial charge in [-0.2, -0.15) is 5.26 Å². The van der Waals surface area contributed by atoms with Crippen molar-refractivity contribution < 1.29 is 9.53 Å². The molecule has 5 heteroatoms. The summed E-state index contributed by atoms with van der Waals surface area (Å²) in [7, 11) is 0. The fourth-order valence-electron chi connectivity index (χ4n) is 2.44. The Labute approximate surface area is 128 Å². The van der Waals surface area contributed by atoms with E-state index in [2.05, 4.69) is 4.98 Å². The predicted octanol–water partition coefficient (Wildman–Crippen LogP) is 2.76. The van der Waals surface area contributed by atoms with Crippen molar-refractivity contribution >= 4 is 5.97 Å². The minimum atomic E-state index is -0.406. The molecule has 2 aromatic rings. The molecule has 0 saturated heterocycles. The van der Waals surface area contributed by atoms with Crippen molar-refractivity contribution in [2.75, 3.05) is 0 Å². The van der Waals surface area contributed by atoms with Gasteiger partial charge in [0.1, 0.15) is 17.4 Å². The quantitative estimate of drug-likeness (QED) is 0.682. The zero-order valence-electron chi connectivity index (χ0n) is 12.9. The van der Waals surface area contributed by atoms with Crippen LogP contribution in [0, 0.1) is 32.1 Å². The van der Waals surface area contributed by atoms with E-state index in [1.807, 2.05) is 19.9 Å².